The zero-order valence-corrected chi connectivity index (χ0v) is 7.30. The molecule has 1 aromatic heterocycles. The summed E-state index contributed by atoms with van der Waals surface area (Å²) in [5, 5.41) is 19.2. The molecular weight excluding hydrogens is 182 g/mol. The Kier molecular flexibility index (Phi) is 1.89. The van der Waals surface area contributed by atoms with E-state index in [4.69, 9.17) is 5.26 Å². The SMILES string of the molecule is N#Cc1ncc(C2CC2)cc1[N+](=O)[O-]. The van der Waals surface area contributed by atoms with Gasteiger partial charge in [-0.3, -0.25) is 10.1 Å². The molecule has 1 aromatic rings. The molecule has 1 heterocycles. The zero-order valence-electron chi connectivity index (χ0n) is 7.30. The van der Waals surface area contributed by atoms with Crippen molar-refractivity contribution in [1.82, 2.24) is 4.98 Å². The van der Waals surface area contributed by atoms with E-state index in [0.717, 1.165) is 18.4 Å². The quantitative estimate of drug-likeness (QED) is 0.524. The monoisotopic (exact) mass is 189 g/mol. The molecule has 0 aliphatic heterocycles. The highest BCUT2D eigenvalue weighted by Gasteiger charge is 2.27. The Balaban J connectivity index is 2.47. The van der Waals surface area contributed by atoms with Crippen LogP contribution >= 0.6 is 0 Å². The molecule has 14 heavy (non-hydrogen) atoms. The molecule has 0 radical (unpaired) electrons. The number of nitriles is 1. The average Bonchev–Trinajstić information content (AvgIpc) is 3.00. The number of aromatic nitrogens is 1. The van der Waals surface area contributed by atoms with Crippen molar-refractivity contribution in [2.45, 2.75) is 18.8 Å². The van der Waals surface area contributed by atoms with Gasteiger partial charge in [-0.15, -0.1) is 0 Å². The summed E-state index contributed by atoms with van der Waals surface area (Å²) in [4.78, 5) is 13.8. The highest BCUT2D eigenvalue weighted by Crippen LogP contribution is 2.40. The lowest BCUT2D eigenvalue weighted by Gasteiger charge is -1.98. The molecule has 0 N–H and O–H groups in total. The molecule has 5 nitrogen and oxygen atoms in total. The topological polar surface area (TPSA) is 79.8 Å². The Morgan fingerprint density at radius 2 is 2.36 bits per heavy atom. The van der Waals surface area contributed by atoms with Gasteiger partial charge in [0.25, 0.3) is 0 Å². The van der Waals surface area contributed by atoms with Crippen LogP contribution in [0.2, 0.25) is 0 Å². The predicted molar refractivity (Wildman–Crippen MR) is 47.6 cm³/mol. The Hall–Kier alpha value is -1.96. The van der Waals surface area contributed by atoms with Crippen LogP contribution in [-0.2, 0) is 0 Å². The summed E-state index contributed by atoms with van der Waals surface area (Å²) in [6, 6.07) is 3.17. The minimum atomic E-state index is -0.558. The first-order chi connectivity index (χ1) is 6.72. The van der Waals surface area contributed by atoms with Crippen LogP contribution in [-0.4, -0.2) is 9.91 Å². The number of nitrogens with zero attached hydrogens (tertiary/aromatic N) is 3. The second-order valence-electron chi connectivity index (χ2n) is 3.28. The van der Waals surface area contributed by atoms with Gasteiger partial charge in [-0.2, -0.15) is 5.26 Å². The summed E-state index contributed by atoms with van der Waals surface area (Å²) in [7, 11) is 0. The Labute approximate surface area is 80.2 Å². The maximum Gasteiger partial charge on any atom is 0.305 e. The maximum atomic E-state index is 10.6. The first-order valence-corrected chi connectivity index (χ1v) is 4.27. The summed E-state index contributed by atoms with van der Waals surface area (Å²) in [6.45, 7) is 0. The summed E-state index contributed by atoms with van der Waals surface area (Å²) in [5.41, 5.74) is 0.576. The number of hydrogen-bond acceptors (Lipinski definition) is 4. The minimum Gasteiger partial charge on any atom is -0.258 e. The van der Waals surface area contributed by atoms with Gasteiger partial charge in [0.05, 0.1) is 4.92 Å². The van der Waals surface area contributed by atoms with Gasteiger partial charge in [0.2, 0.25) is 5.69 Å². The van der Waals surface area contributed by atoms with Crippen LogP contribution in [0, 0.1) is 21.4 Å². The van der Waals surface area contributed by atoms with E-state index in [1.54, 1.807) is 12.3 Å². The van der Waals surface area contributed by atoms with Crippen molar-refractivity contribution in [3.8, 4) is 6.07 Å². The van der Waals surface area contributed by atoms with Crippen LogP contribution in [0.1, 0.15) is 30.0 Å². The summed E-state index contributed by atoms with van der Waals surface area (Å²) in [6.07, 6.45) is 3.68. The third-order valence-corrected chi connectivity index (χ3v) is 2.24. The van der Waals surface area contributed by atoms with Crippen molar-refractivity contribution in [2.75, 3.05) is 0 Å². The second-order valence-corrected chi connectivity index (χ2v) is 3.28. The molecule has 1 aliphatic carbocycles. The lowest BCUT2D eigenvalue weighted by molar-refractivity contribution is -0.385. The van der Waals surface area contributed by atoms with Crippen molar-refractivity contribution < 1.29 is 4.92 Å². The fourth-order valence-electron chi connectivity index (χ4n) is 1.33. The second kappa shape index (κ2) is 3.07. The number of hydrogen-bond donors (Lipinski definition) is 0. The molecule has 0 spiro atoms. The zero-order chi connectivity index (χ0) is 10.1. The van der Waals surface area contributed by atoms with Crippen molar-refractivity contribution >= 4 is 5.69 Å². The molecule has 0 atom stereocenters. The molecule has 0 aromatic carbocycles. The molecule has 70 valence electrons. The summed E-state index contributed by atoms with van der Waals surface area (Å²) < 4.78 is 0. The van der Waals surface area contributed by atoms with Gasteiger partial charge in [0.15, 0.2) is 0 Å². The van der Waals surface area contributed by atoms with Gasteiger partial charge < -0.3 is 0 Å². The number of rotatable bonds is 2. The van der Waals surface area contributed by atoms with E-state index in [9.17, 15) is 10.1 Å². The van der Waals surface area contributed by atoms with Gasteiger partial charge in [0, 0.05) is 12.3 Å². The van der Waals surface area contributed by atoms with Gasteiger partial charge in [0.1, 0.15) is 6.07 Å². The molecule has 2 rings (SSSR count). The standard InChI is InChI=1S/C9H7N3O2/c10-4-8-9(12(13)14)3-7(5-11-8)6-1-2-6/h3,5-6H,1-2H2. The number of nitro groups is 1. The molecule has 0 saturated heterocycles. The first kappa shape index (κ1) is 8.63. The van der Waals surface area contributed by atoms with Crippen molar-refractivity contribution in [3.63, 3.8) is 0 Å². The van der Waals surface area contributed by atoms with Crippen LogP contribution in [0.15, 0.2) is 12.3 Å². The number of pyridine rings is 1. The largest absolute Gasteiger partial charge is 0.305 e. The molecule has 0 unspecified atom stereocenters. The lowest BCUT2D eigenvalue weighted by Crippen LogP contribution is -1.96. The van der Waals surface area contributed by atoms with Crippen LogP contribution in [0.25, 0.3) is 0 Å². The van der Waals surface area contributed by atoms with Gasteiger partial charge in [-0.05, 0) is 24.3 Å². The highest BCUT2D eigenvalue weighted by molar-refractivity contribution is 5.46. The van der Waals surface area contributed by atoms with Gasteiger partial charge in [-0.1, -0.05) is 0 Å². The molecule has 5 heteroatoms. The van der Waals surface area contributed by atoms with Crippen LogP contribution < -0.4 is 0 Å². The molecular formula is C9H7N3O2. The normalized spacial score (nSPS) is 14.8. The highest BCUT2D eigenvalue weighted by atomic mass is 16.6. The molecule has 0 amide bonds. The molecule has 0 bridgehead atoms. The third-order valence-electron chi connectivity index (χ3n) is 2.24. The van der Waals surface area contributed by atoms with E-state index in [1.807, 2.05) is 0 Å². The summed E-state index contributed by atoms with van der Waals surface area (Å²) >= 11 is 0. The summed E-state index contributed by atoms with van der Waals surface area (Å²) in [5.74, 6) is 0.411. The lowest BCUT2D eigenvalue weighted by atomic mass is 10.1. The van der Waals surface area contributed by atoms with E-state index >= 15 is 0 Å². The van der Waals surface area contributed by atoms with E-state index < -0.39 is 4.92 Å². The minimum absolute atomic E-state index is 0.112. The Morgan fingerprint density at radius 1 is 1.64 bits per heavy atom. The van der Waals surface area contributed by atoms with Crippen LogP contribution in [0.3, 0.4) is 0 Å². The third kappa shape index (κ3) is 1.42. The van der Waals surface area contributed by atoms with E-state index in [1.165, 1.54) is 6.07 Å². The fraction of sp³-hybridized carbons (Fsp3) is 0.333. The molecule has 1 fully saturated rings. The van der Waals surface area contributed by atoms with Crippen molar-refractivity contribution in [1.29, 1.82) is 5.26 Å². The predicted octanol–water partition coefficient (Wildman–Crippen LogP) is 1.74. The van der Waals surface area contributed by atoms with E-state index in [2.05, 4.69) is 4.98 Å². The Bertz CT molecular complexity index is 432. The Morgan fingerprint density at radius 3 is 2.86 bits per heavy atom. The van der Waals surface area contributed by atoms with Crippen molar-refractivity contribution in [3.05, 3.63) is 33.6 Å². The van der Waals surface area contributed by atoms with E-state index in [0.29, 0.717) is 5.92 Å². The smallest absolute Gasteiger partial charge is 0.258 e. The van der Waals surface area contributed by atoms with Crippen LogP contribution in [0.5, 0.6) is 0 Å². The van der Waals surface area contributed by atoms with E-state index in [-0.39, 0.29) is 11.4 Å². The van der Waals surface area contributed by atoms with Gasteiger partial charge in [-0.25, -0.2) is 4.98 Å². The van der Waals surface area contributed by atoms with Crippen LogP contribution in [0.4, 0.5) is 5.69 Å². The average molecular weight is 189 g/mol. The molecule has 1 aliphatic rings. The first-order valence-electron chi connectivity index (χ1n) is 4.27. The van der Waals surface area contributed by atoms with Gasteiger partial charge >= 0.3 is 5.69 Å². The van der Waals surface area contributed by atoms with Crippen molar-refractivity contribution in [2.24, 2.45) is 0 Å². The maximum absolute atomic E-state index is 10.6. The molecule has 1 saturated carbocycles. The fourth-order valence-corrected chi connectivity index (χ4v) is 1.33.